The van der Waals surface area contributed by atoms with Gasteiger partial charge in [0.25, 0.3) is 5.91 Å². The van der Waals surface area contributed by atoms with Crippen LogP contribution in [-0.2, 0) is 20.9 Å². The maximum atomic E-state index is 13.1. The summed E-state index contributed by atoms with van der Waals surface area (Å²) in [6.07, 6.45) is -1.15. The predicted octanol–water partition coefficient (Wildman–Crippen LogP) is 2.48. The van der Waals surface area contributed by atoms with Crippen molar-refractivity contribution in [1.82, 2.24) is 5.32 Å². The number of halogens is 1. The van der Waals surface area contributed by atoms with Crippen LogP contribution in [0.25, 0.3) is 0 Å². The third-order valence-electron chi connectivity index (χ3n) is 3.60. The molecule has 0 saturated heterocycles. The molecule has 0 radical (unpaired) electrons. The lowest BCUT2D eigenvalue weighted by molar-refractivity contribution is -0.154. The molecular formula is C18H16FNO5. The standard InChI is InChI=1S/C18H16FNO5/c1-11(21)25-17(13-3-5-14(19)6-4-13)18(22)20-9-12-2-7-15-16(8-12)24-10-23-15/h2-8,17H,9-10H2,1H3,(H,20,22)/t17-/m0/s1. The molecule has 25 heavy (non-hydrogen) atoms. The zero-order valence-corrected chi connectivity index (χ0v) is 13.5. The number of carbonyl (C=O) groups excluding carboxylic acids is 2. The Morgan fingerprint density at radius 3 is 2.60 bits per heavy atom. The summed E-state index contributed by atoms with van der Waals surface area (Å²) in [7, 11) is 0. The Morgan fingerprint density at radius 2 is 1.88 bits per heavy atom. The molecule has 1 amide bonds. The number of hydrogen-bond acceptors (Lipinski definition) is 5. The third kappa shape index (κ3) is 4.06. The molecule has 1 heterocycles. The van der Waals surface area contributed by atoms with Crippen molar-refractivity contribution in [3.8, 4) is 11.5 Å². The highest BCUT2D eigenvalue weighted by Gasteiger charge is 2.24. The molecule has 0 aromatic heterocycles. The minimum Gasteiger partial charge on any atom is -0.454 e. The van der Waals surface area contributed by atoms with Crippen molar-refractivity contribution >= 4 is 11.9 Å². The number of hydrogen-bond donors (Lipinski definition) is 1. The molecule has 0 fully saturated rings. The van der Waals surface area contributed by atoms with Crippen molar-refractivity contribution in [3.63, 3.8) is 0 Å². The van der Waals surface area contributed by atoms with Crippen LogP contribution in [0.4, 0.5) is 4.39 Å². The van der Waals surface area contributed by atoms with E-state index in [4.69, 9.17) is 14.2 Å². The number of benzene rings is 2. The molecule has 0 aliphatic carbocycles. The summed E-state index contributed by atoms with van der Waals surface area (Å²) in [5.41, 5.74) is 1.19. The second-order valence-corrected chi connectivity index (χ2v) is 5.45. The predicted molar refractivity (Wildman–Crippen MR) is 85.3 cm³/mol. The molecule has 2 aromatic carbocycles. The van der Waals surface area contributed by atoms with Crippen LogP contribution in [0, 0.1) is 5.82 Å². The molecule has 7 heteroatoms. The largest absolute Gasteiger partial charge is 0.454 e. The van der Waals surface area contributed by atoms with Crippen LogP contribution in [0.5, 0.6) is 11.5 Å². The van der Waals surface area contributed by atoms with E-state index < -0.39 is 23.8 Å². The summed E-state index contributed by atoms with van der Waals surface area (Å²) in [6.45, 7) is 1.60. The first kappa shape index (κ1) is 16.8. The van der Waals surface area contributed by atoms with Gasteiger partial charge in [-0.25, -0.2) is 4.39 Å². The molecule has 0 bridgehead atoms. The zero-order valence-electron chi connectivity index (χ0n) is 13.5. The number of carbonyl (C=O) groups is 2. The van der Waals surface area contributed by atoms with Crippen LogP contribution in [-0.4, -0.2) is 18.7 Å². The van der Waals surface area contributed by atoms with Gasteiger partial charge in [0, 0.05) is 19.0 Å². The topological polar surface area (TPSA) is 73.9 Å². The Morgan fingerprint density at radius 1 is 1.16 bits per heavy atom. The van der Waals surface area contributed by atoms with Crippen LogP contribution in [0.1, 0.15) is 24.2 Å². The lowest BCUT2D eigenvalue weighted by Crippen LogP contribution is -2.31. The summed E-state index contributed by atoms with van der Waals surface area (Å²) in [4.78, 5) is 23.7. The maximum Gasteiger partial charge on any atom is 0.303 e. The van der Waals surface area contributed by atoms with Gasteiger partial charge in [0.05, 0.1) is 0 Å². The summed E-state index contributed by atoms with van der Waals surface area (Å²) in [6, 6.07) is 10.5. The van der Waals surface area contributed by atoms with E-state index in [1.165, 1.54) is 31.2 Å². The van der Waals surface area contributed by atoms with Gasteiger partial charge in [-0.1, -0.05) is 18.2 Å². The van der Waals surface area contributed by atoms with Crippen LogP contribution >= 0.6 is 0 Å². The van der Waals surface area contributed by atoms with Crippen molar-refractivity contribution in [2.45, 2.75) is 19.6 Å². The van der Waals surface area contributed by atoms with E-state index in [1.807, 2.05) is 0 Å². The molecule has 1 atom stereocenters. The summed E-state index contributed by atoms with van der Waals surface area (Å²) >= 11 is 0. The van der Waals surface area contributed by atoms with Gasteiger partial charge < -0.3 is 19.5 Å². The minimum absolute atomic E-state index is 0.171. The van der Waals surface area contributed by atoms with Crippen LogP contribution in [0.15, 0.2) is 42.5 Å². The number of esters is 1. The third-order valence-corrected chi connectivity index (χ3v) is 3.60. The molecule has 1 aliphatic rings. The molecule has 130 valence electrons. The van der Waals surface area contributed by atoms with Gasteiger partial charge in [-0.15, -0.1) is 0 Å². The van der Waals surface area contributed by atoms with E-state index in [9.17, 15) is 14.0 Å². The number of fused-ring (bicyclic) bond motifs is 1. The quantitative estimate of drug-likeness (QED) is 0.843. The van der Waals surface area contributed by atoms with Crippen LogP contribution in [0.2, 0.25) is 0 Å². The fourth-order valence-corrected chi connectivity index (χ4v) is 2.41. The zero-order chi connectivity index (χ0) is 17.8. The van der Waals surface area contributed by atoms with E-state index in [-0.39, 0.29) is 13.3 Å². The lowest BCUT2D eigenvalue weighted by Gasteiger charge is -2.17. The second kappa shape index (κ2) is 7.21. The summed E-state index contributed by atoms with van der Waals surface area (Å²) in [5.74, 6) is -0.279. The first-order valence-corrected chi connectivity index (χ1v) is 7.62. The van der Waals surface area contributed by atoms with Crippen molar-refractivity contribution in [3.05, 3.63) is 59.4 Å². The van der Waals surface area contributed by atoms with E-state index in [2.05, 4.69) is 5.32 Å². The van der Waals surface area contributed by atoms with Gasteiger partial charge in [0.2, 0.25) is 12.9 Å². The highest BCUT2D eigenvalue weighted by molar-refractivity contribution is 5.84. The number of rotatable bonds is 5. The van der Waals surface area contributed by atoms with Crippen LogP contribution < -0.4 is 14.8 Å². The molecule has 0 spiro atoms. The SMILES string of the molecule is CC(=O)O[C@H](C(=O)NCc1ccc2c(c1)OCO2)c1ccc(F)cc1. The molecule has 2 aromatic rings. The van der Waals surface area contributed by atoms with Gasteiger partial charge in [0.15, 0.2) is 11.5 Å². The molecule has 3 rings (SSSR count). The van der Waals surface area contributed by atoms with Gasteiger partial charge in [0.1, 0.15) is 5.82 Å². The fourth-order valence-electron chi connectivity index (χ4n) is 2.41. The summed E-state index contributed by atoms with van der Waals surface area (Å²) < 4.78 is 28.7. The van der Waals surface area contributed by atoms with Crippen LogP contribution in [0.3, 0.4) is 0 Å². The smallest absolute Gasteiger partial charge is 0.303 e. The van der Waals surface area contributed by atoms with Gasteiger partial charge in [-0.05, 0) is 29.8 Å². The number of ether oxygens (including phenoxy) is 3. The molecule has 0 unspecified atom stereocenters. The van der Waals surface area contributed by atoms with Crippen molar-refractivity contribution in [1.29, 1.82) is 0 Å². The fraction of sp³-hybridized carbons (Fsp3) is 0.222. The number of amides is 1. The van der Waals surface area contributed by atoms with Gasteiger partial charge >= 0.3 is 5.97 Å². The average molecular weight is 345 g/mol. The summed E-state index contributed by atoms with van der Waals surface area (Å²) in [5, 5.41) is 2.70. The minimum atomic E-state index is -1.15. The highest BCUT2D eigenvalue weighted by atomic mass is 19.1. The lowest BCUT2D eigenvalue weighted by atomic mass is 10.1. The highest BCUT2D eigenvalue weighted by Crippen LogP contribution is 2.32. The Labute approximate surface area is 143 Å². The van der Waals surface area contributed by atoms with E-state index in [0.29, 0.717) is 17.1 Å². The molecule has 6 nitrogen and oxygen atoms in total. The Hall–Kier alpha value is -3.09. The Kier molecular flexibility index (Phi) is 4.83. The van der Waals surface area contributed by atoms with E-state index in [1.54, 1.807) is 18.2 Å². The maximum absolute atomic E-state index is 13.1. The first-order valence-electron chi connectivity index (χ1n) is 7.62. The van der Waals surface area contributed by atoms with Crippen molar-refractivity contribution < 1.29 is 28.2 Å². The Balaban J connectivity index is 1.69. The Bertz CT molecular complexity index is 791. The monoisotopic (exact) mass is 345 g/mol. The van der Waals surface area contributed by atoms with Gasteiger partial charge in [-0.3, -0.25) is 9.59 Å². The number of nitrogens with one attached hydrogen (secondary N) is 1. The second-order valence-electron chi connectivity index (χ2n) is 5.45. The van der Waals surface area contributed by atoms with Crippen molar-refractivity contribution in [2.75, 3.05) is 6.79 Å². The average Bonchev–Trinajstić information content (AvgIpc) is 3.06. The molecule has 0 saturated carbocycles. The molecule has 1 aliphatic heterocycles. The van der Waals surface area contributed by atoms with Crippen molar-refractivity contribution in [2.24, 2.45) is 0 Å². The van der Waals surface area contributed by atoms with Gasteiger partial charge in [-0.2, -0.15) is 0 Å². The molecule has 1 N–H and O–H groups in total. The first-order chi connectivity index (χ1) is 12.0. The normalized spacial score (nSPS) is 13.2. The van der Waals surface area contributed by atoms with E-state index >= 15 is 0 Å². The van der Waals surface area contributed by atoms with E-state index in [0.717, 1.165) is 5.56 Å². The molecular weight excluding hydrogens is 329 g/mol.